The maximum absolute atomic E-state index is 12.4. The van der Waals surface area contributed by atoms with Crippen LogP contribution in [-0.2, 0) is 33.3 Å². The first-order chi connectivity index (χ1) is 14.5. The van der Waals surface area contributed by atoms with Gasteiger partial charge < -0.3 is 30.4 Å². The van der Waals surface area contributed by atoms with Crippen LogP contribution in [0.5, 0.6) is 0 Å². The zero-order valence-electron chi connectivity index (χ0n) is 17.2. The molecule has 1 fully saturated rings. The topological polar surface area (TPSA) is 157 Å². The van der Waals surface area contributed by atoms with E-state index in [0.717, 1.165) is 0 Å². The molecule has 1 aliphatic heterocycles. The highest BCUT2D eigenvalue weighted by atomic mass is 35.5. The Kier molecular flexibility index (Phi) is 8.78. The maximum atomic E-state index is 12.4. The number of nitrogen functional groups attached to an aromatic ring is 1. The Morgan fingerprint density at radius 3 is 2.45 bits per heavy atom. The first-order valence-electron chi connectivity index (χ1n) is 9.55. The van der Waals surface area contributed by atoms with Crippen molar-refractivity contribution in [2.45, 2.75) is 57.6 Å². The number of anilines is 1. The summed E-state index contributed by atoms with van der Waals surface area (Å²) in [4.78, 5) is 47.0. The average molecular weight is 457 g/mol. The standard InChI is InChI=1S/C20H25ClN2O8/c1-10(24)29-13-6-14(31-19(7-13)30-11(2)25)9-28-20(27)17(23)8-18(26)15-4-3-12(21)5-16(15)22/h3-5,13-14,17,19H,6-9,22-23H2,1-2H3. The van der Waals surface area contributed by atoms with Gasteiger partial charge in [-0.3, -0.25) is 19.2 Å². The predicted molar refractivity (Wildman–Crippen MR) is 109 cm³/mol. The molecule has 1 aromatic rings. The van der Waals surface area contributed by atoms with E-state index >= 15 is 0 Å². The normalized spacial score (nSPS) is 21.6. The van der Waals surface area contributed by atoms with Gasteiger partial charge in [-0.1, -0.05) is 11.6 Å². The van der Waals surface area contributed by atoms with Crippen molar-refractivity contribution in [3.05, 3.63) is 28.8 Å². The summed E-state index contributed by atoms with van der Waals surface area (Å²) >= 11 is 5.81. The first kappa shape index (κ1) is 24.6. The van der Waals surface area contributed by atoms with Crippen LogP contribution >= 0.6 is 11.6 Å². The maximum Gasteiger partial charge on any atom is 0.323 e. The molecule has 0 bridgehead atoms. The molecule has 4 atom stereocenters. The molecule has 0 saturated carbocycles. The summed E-state index contributed by atoms with van der Waals surface area (Å²) in [6.07, 6.45) is -2.12. The molecule has 2 rings (SSSR count). The van der Waals surface area contributed by atoms with Crippen LogP contribution in [0, 0.1) is 0 Å². The van der Waals surface area contributed by atoms with E-state index in [2.05, 4.69) is 0 Å². The molecule has 11 heteroatoms. The zero-order chi connectivity index (χ0) is 23.1. The van der Waals surface area contributed by atoms with Gasteiger partial charge in [0.05, 0.1) is 6.10 Å². The van der Waals surface area contributed by atoms with Crippen LogP contribution in [0.15, 0.2) is 18.2 Å². The van der Waals surface area contributed by atoms with Crippen molar-refractivity contribution in [2.24, 2.45) is 5.73 Å². The van der Waals surface area contributed by atoms with Gasteiger partial charge in [0.25, 0.3) is 0 Å². The highest BCUT2D eigenvalue weighted by Crippen LogP contribution is 2.24. The second-order valence-corrected chi connectivity index (χ2v) is 7.53. The van der Waals surface area contributed by atoms with E-state index in [0.29, 0.717) is 5.02 Å². The molecular weight excluding hydrogens is 432 g/mol. The van der Waals surface area contributed by atoms with Crippen LogP contribution < -0.4 is 11.5 Å². The van der Waals surface area contributed by atoms with E-state index in [1.165, 1.54) is 32.0 Å². The van der Waals surface area contributed by atoms with Gasteiger partial charge >= 0.3 is 17.9 Å². The molecule has 0 spiro atoms. The lowest BCUT2D eigenvalue weighted by Gasteiger charge is -2.33. The minimum Gasteiger partial charge on any atom is -0.462 e. The van der Waals surface area contributed by atoms with Gasteiger partial charge in [0, 0.05) is 49.4 Å². The number of benzene rings is 1. The minimum atomic E-state index is -1.22. The molecule has 4 N–H and O–H groups in total. The van der Waals surface area contributed by atoms with Crippen LogP contribution in [0.4, 0.5) is 5.69 Å². The molecule has 10 nitrogen and oxygen atoms in total. The summed E-state index contributed by atoms with van der Waals surface area (Å²) in [6, 6.07) is 3.17. The number of carbonyl (C=O) groups excluding carboxylic acids is 4. The Balaban J connectivity index is 1.90. The van der Waals surface area contributed by atoms with E-state index in [9.17, 15) is 19.2 Å². The third-order valence-electron chi connectivity index (χ3n) is 4.39. The second kappa shape index (κ2) is 11.1. The smallest absolute Gasteiger partial charge is 0.323 e. The minimum absolute atomic E-state index is 0.167. The number of halogens is 1. The average Bonchev–Trinajstić information content (AvgIpc) is 2.64. The number of ether oxygens (including phenoxy) is 4. The fourth-order valence-electron chi connectivity index (χ4n) is 3.09. The Morgan fingerprint density at radius 1 is 1.16 bits per heavy atom. The number of esters is 3. The van der Waals surface area contributed by atoms with Crippen LogP contribution in [0.2, 0.25) is 5.02 Å². The van der Waals surface area contributed by atoms with Gasteiger partial charge in [0.2, 0.25) is 6.29 Å². The highest BCUT2D eigenvalue weighted by molar-refractivity contribution is 6.31. The van der Waals surface area contributed by atoms with Crippen molar-refractivity contribution in [1.29, 1.82) is 0 Å². The molecule has 1 saturated heterocycles. The van der Waals surface area contributed by atoms with Gasteiger partial charge in [-0.25, -0.2) is 0 Å². The number of ketones is 1. The largest absolute Gasteiger partial charge is 0.462 e. The number of Topliss-reactive ketones (excluding diaryl/α,β-unsaturated/α-hetero) is 1. The van der Waals surface area contributed by atoms with E-state index in [1.54, 1.807) is 0 Å². The van der Waals surface area contributed by atoms with Crippen LogP contribution in [-0.4, -0.2) is 54.8 Å². The van der Waals surface area contributed by atoms with E-state index in [4.69, 9.17) is 42.0 Å². The Labute approximate surface area is 184 Å². The first-order valence-corrected chi connectivity index (χ1v) is 9.93. The summed E-state index contributed by atoms with van der Waals surface area (Å²) in [5.74, 6) is -2.31. The van der Waals surface area contributed by atoms with Crippen molar-refractivity contribution in [1.82, 2.24) is 0 Å². The fraction of sp³-hybridized carbons (Fsp3) is 0.500. The van der Waals surface area contributed by atoms with Gasteiger partial charge in [0.1, 0.15) is 18.8 Å². The van der Waals surface area contributed by atoms with Crippen LogP contribution in [0.25, 0.3) is 0 Å². The number of rotatable bonds is 8. The van der Waals surface area contributed by atoms with Crippen molar-refractivity contribution in [3.8, 4) is 0 Å². The summed E-state index contributed by atoms with van der Waals surface area (Å²) in [5.41, 5.74) is 12.0. The van der Waals surface area contributed by atoms with Gasteiger partial charge in [-0.05, 0) is 18.2 Å². The molecule has 170 valence electrons. The van der Waals surface area contributed by atoms with Crippen LogP contribution in [0.1, 0.15) is 43.5 Å². The number of nitrogens with two attached hydrogens (primary N) is 2. The van der Waals surface area contributed by atoms with E-state index < -0.39 is 48.2 Å². The molecule has 0 radical (unpaired) electrons. The lowest BCUT2D eigenvalue weighted by atomic mass is 10.0. The molecule has 31 heavy (non-hydrogen) atoms. The van der Waals surface area contributed by atoms with Gasteiger partial charge in [0.15, 0.2) is 5.78 Å². The molecule has 1 heterocycles. The summed E-state index contributed by atoms with van der Waals surface area (Å²) in [6.45, 7) is 2.26. The Hall–Kier alpha value is -2.69. The van der Waals surface area contributed by atoms with Crippen molar-refractivity contribution >= 4 is 41.0 Å². The Bertz CT molecular complexity index is 822. The summed E-state index contributed by atoms with van der Waals surface area (Å²) < 4.78 is 20.9. The van der Waals surface area contributed by atoms with Crippen molar-refractivity contribution < 1.29 is 38.1 Å². The Morgan fingerprint density at radius 2 is 1.84 bits per heavy atom. The number of hydrogen-bond acceptors (Lipinski definition) is 10. The summed E-state index contributed by atoms with van der Waals surface area (Å²) in [5, 5.41) is 0.379. The molecule has 0 aliphatic carbocycles. The molecule has 0 amide bonds. The zero-order valence-corrected chi connectivity index (χ0v) is 17.9. The fourth-order valence-corrected chi connectivity index (χ4v) is 3.27. The molecule has 4 unspecified atom stereocenters. The third-order valence-corrected chi connectivity index (χ3v) is 4.62. The highest BCUT2D eigenvalue weighted by Gasteiger charge is 2.34. The lowest BCUT2D eigenvalue weighted by molar-refractivity contribution is -0.226. The van der Waals surface area contributed by atoms with E-state index in [-0.39, 0.29) is 37.1 Å². The number of carbonyl (C=O) groups is 4. The second-order valence-electron chi connectivity index (χ2n) is 7.10. The number of hydrogen-bond donors (Lipinski definition) is 2. The van der Waals surface area contributed by atoms with Gasteiger partial charge in [-0.15, -0.1) is 0 Å². The third kappa shape index (κ3) is 7.82. The molecule has 1 aliphatic rings. The summed E-state index contributed by atoms with van der Waals surface area (Å²) in [7, 11) is 0. The molecule has 0 aromatic heterocycles. The van der Waals surface area contributed by atoms with E-state index in [1.807, 2.05) is 0 Å². The monoisotopic (exact) mass is 456 g/mol. The lowest BCUT2D eigenvalue weighted by Crippen LogP contribution is -2.43. The SMILES string of the molecule is CC(=O)OC1CC(COC(=O)C(N)CC(=O)c2ccc(Cl)cc2N)OC(OC(C)=O)C1. The van der Waals surface area contributed by atoms with Crippen molar-refractivity contribution in [3.63, 3.8) is 0 Å². The van der Waals surface area contributed by atoms with Gasteiger partial charge in [-0.2, -0.15) is 0 Å². The van der Waals surface area contributed by atoms with Crippen molar-refractivity contribution in [2.75, 3.05) is 12.3 Å². The predicted octanol–water partition coefficient (Wildman–Crippen LogP) is 1.37. The quantitative estimate of drug-likeness (QED) is 0.253. The van der Waals surface area contributed by atoms with Crippen LogP contribution in [0.3, 0.4) is 0 Å². The molecule has 1 aromatic carbocycles. The molecular formula is C20H25ClN2O8.